The maximum Gasteiger partial charge on any atom is 0.0535 e. The normalized spacial score (nSPS) is 25.7. The van der Waals surface area contributed by atoms with Crippen molar-refractivity contribution in [1.29, 1.82) is 0 Å². The number of halogens is 1. The Kier molecular flexibility index (Phi) is 3.03. The highest BCUT2D eigenvalue weighted by Gasteiger charge is 2.25. The fourth-order valence-electron chi connectivity index (χ4n) is 2.53. The van der Waals surface area contributed by atoms with Crippen molar-refractivity contribution in [2.24, 2.45) is 0 Å². The second kappa shape index (κ2) is 4.50. The summed E-state index contributed by atoms with van der Waals surface area (Å²) in [6, 6.07) is 6.90. The number of hydrogen-bond acceptors (Lipinski definition) is 1. The molecule has 2 heteroatoms. The van der Waals surface area contributed by atoms with Crippen LogP contribution in [0.15, 0.2) is 22.7 Å². The molecule has 86 valence electrons. The van der Waals surface area contributed by atoms with Gasteiger partial charge in [0.1, 0.15) is 0 Å². The molecule has 1 nitrogen and oxygen atoms in total. The van der Waals surface area contributed by atoms with Crippen molar-refractivity contribution in [2.45, 2.75) is 37.5 Å². The number of hydrogen-bond donors (Lipinski definition) is 0. The standard InChI is InChI=1S/C14H17BrO/c15-14-6-5-11(10-3-4-10)8-13(14)12-2-1-7-16-9-12/h5-6,8,10,12H,1-4,7,9H2. The Labute approximate surface area is 105 Å². The molecule has 3 rings (SSSR count). The van der Waals surface area contributed by atoms with E-state index in [-0.39, 0.29) is 0 Å². The molecule has 1 saturated heterocycles. The molecule has 0 aromatic heterocycles. The smallest absolute Gasteiger partial charge is 0.0535 e. The lowest BCUT2D eigenvalue weighted by Crippen LogP contribution is -2.16. The minimum atomic E-state index is 0.599. The van der Waals surface area contributed by atoms with Crippen LogP contribution in [0.25, 0.3) is 0 Å². The quantitative estimate of drug-likeness (QED) is 0.788. The van der Waals surface area contributed by atoms with Crippen molar-refractivity contribution in [2.75, 3.05) is 13.2 Å². The molecule has 1 saturated carbocycles. The van der Waals surface area contributed by atoms with Crippen molar-refractivity contribution < 1.29 is 4.74 Å². The summed E-state index contributed by atoms with van der Waals surface area (Å²) >= 11 is 3.68. The van der Waals surface area contributed by atoms with Crippen LogP contribution in [0.1, 0.15) is 48.6 Å². The maximum absolute atomic E-state index is 5.59. The van der Waals surface area contributed by atoms with Gasteiger partial charge in [-0.15, -0.1) is 0 Å². The molecule has 1 heterocycles. The molecular formula is C14H17BrO. The van der Waals surface area contributed by atoms with Crippen LogP contribution in [0.2, 0.25) is 0 Å². The summed E-state index contributed by atoms with van der Waals surface area (Å²) in [6.45, 7) is 1.84. The molecule has 1 aromatic rings. The van der Waals surface area contributed by atoms with Crippen LogP contribution < -0.4 is 0 Å². The first kappa shape index (κ1) is 10.8. The molecule has 1 aliphatic heterocycles. The monoisotopic (exact) mass is 280 g/mol. The van der Waals surface area contributed by atoms with Gasteiger partial charge in [0.15, 0.2) is 0 Å². The van der Waals surface area contributed by atoms with Gasteiger partial charge in [0.2, 0.25) is 0 Å². The fourth-order valence-corrected chi connectivity index (χ4v) is 3.10. The van der Waals surface area contributed by atoms with Crippen molar-refractivity contribution in [3.63, 3.8) is 0 Å². The number of ether oxygens (including phenoxy) is 1. The van der Waals surface area contributed by atoms with Crippen molar-refractivity contribution in [1.82, 2.24) is 0 Å². The Morgan fingerprint density at radius 1 is 1.12 bits per heavy atom. The summed E-state index contributed by atoms with van der Waals surface area (Å²) in [5.41, 5.74) is 2.99. The highest BCUT2D eigenvalue weighted by molar-refractivity contribution is 9.10. The lowest BCUT2D eigenvalue weighted by atomic mass is 9.92. The molecular weight excluding hydrogens is 264 g/mol. The summed E-state index contributed by atoms with van der Waals surface area (Å²) in [6.07, 6.45) is 5.22. The van der Waals surface area contributed by atoms with Gasteiger partial charge in [-0.3, -0.25) is 0 Å². The van der Waals surface area contributed by atoms with E-state index in [0.29, 0.717) is 5.92 Å². The van der Waals surface area contributed by atoms with Crippen LogP contribution in [-0.2, 0) is 4.74 Å². The molecule has 16 heavy (non-hydrogen) atoms. The minimum Gasteiger partial charge on any atom is -0.381 e. The van der Waals surface area contributed by atoms with E-state index in [1.54, 1.807) is 0 Å². The highest BCUT2D eigenvalue weighted by atomic mass is 79.9. The molecule has 1 atom stereocenters. The average molecular weight is 281 g/mol. The lowest BCUT2D eigenvalue weighted by Gasteiger charge is -2.24. The molecule has 0 amide bonds. The first-order valence-electron chi connectivity index (χ1n) is 6.21. The van der Waals surface area contributed by atoms with Gasteiger partial charge < -0.3 is 4.74 Å². The maximum atomic E-state index is 5.59. The summed E-state index contributed by atoms with van der Waals surface area (Å²) in [5, 5.41) is 0. The Morgan fingerprint density at radius 2 is 2.00 bits per heavy atom. The van der Waals surface area contributed by atoms with E-state index in [1.165, 1.54) is 41.3 Å². The van der Waals surface area contributed by atoms with Gasteiger partial charge in [0, 0.05) is 17.0 Å². The second-order valence-electron chi connectivity index (χ2n) is 4.97. The molecule has 1 aliphatic carbocycles. The van der Waals surface area contributed by atoms with Gasteiger partial charge in [0.05, 0.1) is 6.61 Å². The van der Waals surface area contributed by atoms with Crippen LogP contribution in [0, 0.1) is 0 Å². The van der Waals surface area contributed by atoms with Gasteiger partial charge >= 0.3 is 0 Å². The first-order valence-corrected chi connectivity index (χ1v) is 7.01. The fraction of sp³-hybridized carbons (Fsp3) is 0.571. The predicted molar refractivity (Wildman–Crippen MR) is 68.9 cm³/mol. The summed E-state index contributed by atoms with van der Waals surface area (Å²) < 4.78 is 6.84. The number of benzene rings is 1. The summed E-state index contributed by atoms with van der Waals surface area (Å²) in [4.78, 5) is 0. The molecule has 0 bridgehead atoms. The van der Waals surface area contributed by atoms with Crippen LogP contribution in [0.3, 0.4) is 0 Å². The third-order valence-corrected chi connectivity index (χ3v) is 4.39. The molecule has 0 spiro atoms. The first-order chi connectivity index (χ1) is 7.84. The molecule has 0 radical (unpaired) electrons. The highest BCUT2D eigenvalue weighted by Crippen LogP contribution is 2.42. The third-order valence-electron chi connectivity index (χ3n) is 3.67. The average Bonchev–Trinajstić information content (AvgIpc) is 3.15. The van der Waals surface area contributed by atoms with Crippen molar-refractivity contribution in [3.8, 4) is 0 Å². The zero-order valence-electron chi connectivity index (χ0n) is 9.42. The van der Waals surface area contributed by atoms with Gasteiger partial charge in [-0.1, -0.05) is 28.1 Å². The van der Waals surface area contributed by atoms with Gasteiger partial charge in [-0.2, -0.15) is 0 Å². The third kappa shape index (κ3) is 2.18. The van der Waals surface area contributed by atoms with E-state index in [4.69, 9.17) is 4.74 Å². The van der Waals surface area contributed by atoms with E-state index in [0.717, 1.165) is 19.1 Å². The van der Waals surface area contributed by atoms with E-state index in [1.807, 2.05) is 0 Å². The Bertz CT molecular complexity index is 378. The van der Waals surface area contributed by atoms with Crippen LogP contribution in [-0.4, -0.2) is 13.2 Å². The molecule has 2 aliphatic rings. The van der Waals surface area contributed by atoms with Gasteiger partial charge in [-0.05, 0) is 48.8 Å². The van der Waals surface area contributed by atoms with Gasteiger partial charge in [0.25, 0.3) is 0 Å². The van der Waals surface area contributed by atoms with E-state index in [9.17, 15) is 0 Å². The Hall–Kier alpha value is -0.340. The minimum absolute atomic E-state index is 0.599. The topological polar surface area (TPSA) is 9.23 Å². The van der Waals surface area contributed by atoms with E-state index >= 15 is 0 Å². The lowest BCUT2D eigenvalue weighted by molar-refractivity contribution is 0.0802. The van der Waals surface area contributed by atoms with E-state index in [2.05, 4.69) is 34.1 Å². The molecule has 1 unspecified atom stereocenters. The molecule has 2 fully saturated rings. The second-order valence-corrected chi connectivity index (χ2v) is 5.82. The Morgan fingerprint density at radius 3 is 2.69 bits per heavy atom. The predicted octanol–water partition coefficient (Wildman–Crippen LogP) is 4.22. The SMILES string of the molecule is Brc1ccc(C2CC2)cc1C1CCCOC1. The van der Waals surface area contributed by atoms with Gasteiger partial charge in [-0.25, -0.2) is 0 Å². The van der Waals surface area contributed by atoms with Crippen molar-refractivity contribution in [3.05, 3.63) is 33.8 Å². The van der Waals surface area contributed by atoms with Crippen molar-refractivity contribution >= 4 is 15.9 Å². The van der Waals surface area contributed by atoms with Crippen LogP contribution in [0.4, 0.5) is 0 Å². The summed E-state index contributed by atoms with van der Waals surface area (Å²) in [5.74, 6) is 1.44. The zero-order chi connectivity index (χ0) is 11.0. The van der Waals surface area contributed by atoms with E-state index < -0.39 is 0 Å². The molecule has 0 N–H and O–H groups in total. The molecule has 1 aromatic carbocycles. The van der Waals surface area contributed by atoms with Crippen LogP contribution in [0.5, 0.6) is 0 Å². The van der Waals surface area contributed by atoms with Crippen LogP contribution >= 0.6 is 15.9 Å². The number of rotatable bonds is 2. The summed E-state index contributed by atoms with van der Waals surface area (Å²) in [7, 11) is 0. The largest absolute Gasteiger partial charge is 0.381 e. The zero-order valence-corrected chi connectivity index (χ0v) is 11.0. The Balaban J connectivity index is 1.88.